The van der Waals surface area contributed by atoms with Crippen molar-refractivity contribution >= 4 is 11.9 Å². The molecule has 0 aliphatic rings. The third-order valence-corrected chi connectivity index (χ3v) is 13.1. The minimum Gasteiger partial charge on any atom is -0.466 e. The van der Waals surface area contributed by atoms with Crippen LogP contribution in [-0.2, 0) is 14.3 Å². The van der Waals surface area contributed by atoms with E-state index in [2.05, 4.69) is 19.2 Å². The molecule has 0 bridgehead atoms. The third kappa shape index (κ3) is 48.1. The lowest BCUT2D eigenvalue weighted by Crippen LogP contribution is -2.45. The molecule has 6 nitrogen and oxygen atoms in total. The standard InChI is InChI=1S/C56H109NO5/c1-3-5-7-9-11-13-15-17-19-21-22-23-25-28-32-36-40-44-48-54(59)53(52-58)57-55(60)49-45-41-37-33-29-27-31-35-39-43-47-51-62-56(61)50-46-42-38-34-30-26-24-20-18-16-14-12-10-8-6-4-2/h44,48,53-54,58-59H,3-43,45-47,49-52H2,1-2H3,(H,57,60)/b48-44+. The van der Waals surface area contributed by atoms with Gasteiger partial charge in [0.2, 0.25) is 5.91 Å². The van der Waals surface area contributed by atoms with E-state index in [-0.39, 0.29) is 18.5 Å². The molecule has 6 heteroatoms. The summed E-state index contributed by atoms with van der Waals surface area (Å²) in [7, 11) is 0. The first-order valence-corrected chi connectivity index (χ1v) is 28.0. The van der Waals surface area contributed by atoms with Gasteiger partial charge in [-0.25, -0.2) is 0 Å². The number of amides is 1. The van der Waals surface area contributed by atoms with E-state index in [0.29, 0.717) is 19.4 Å². The molecule has 0 saturated carbocycles. The first-order valence-electron chi connectivity index (χ1n) is 28.0. The number of carbonyl (C=O) groups excluding carboxylic acids is 2. The van der Waals surface area contributed by atoms with Crippen LogP contribution in [-0.4, -0.2) is 47.4 Å². The molecule has 1 amide bonds. The maximum atomic E-state index is 12.5. The fourth-order valence-electron chi connectivity index (χ4n) is 8.75. The zero-order valence-corrected chi connectivity index (χ0v) is 41.9. The van der Waals surface area contributed by atoms with Gasteiger partial charge in [0, 0.05) is 12.8 Å². The number of hydrogen-bond acceptors (Lipinski definition) is 5. The Labute approximate surface area is 387 Å². The van der Waals surface area contributed by atoms with E-state index in [4.69, 9.17) is 4.74 Å². The Morgan fingerprint density at radius 3 is 1.10 bits per heavy atom. The largest absolute Gasteiger partial charge is 0.466 e. The fraction of sp³-hybridized carbons (Fsp3) is 0.929. The molecular weight excluding hydrogens is 767 g/mol. The number of aliphatic hydroxyl groups is 2. The van der Waals surface area contributed by atoms with Crippen LogP contribution in [0.15, 0.2) is 12.2 Å². The molecule has 0 fully saturated rings. The van der Waals surface area contributed by atoms with Crippen LogP contribution < -0.4 is 5.32 Å². The normalized spacial score (nSPS) is 12.6. The molecule has 368 valence electrons. The second-order valence-corrected chi connectivity index (χ2v) is 19.3. The summed E-state index contributed by atoms with van der Waals surface area (Å²) in [6.07, 6.45) is 60.7. The molecule has 0 aromatic rings. The van der Waals surface area contributed by atoms with Crippen molar-refractivity contribution in [3.63, 3.8) is 0 Å². The van der Waals surface area contributed by atoms with Crippen molar-refractivity contribution < 1.29 is 24.5 Å². The SMILES string of the molecule is CCCCCCCCCCCCCCCCCC/C=C/C(O)C(CO)NC(=O)CCCCCCCCCCCCCOC(=O)CCCCCCCCCCCCCCCCCC. The zero-order chi connectivity index (χ0) is 45.1. The molecule has 0 aliphatic carbocycles. The smallest absolute Gasteiger partial charge is 0.305 e. The highest BCUT2D eigenvalue weighted by atomic mass is 16.5. The van der Waals surface area contributed by atoms with Crippen molar-refractivity contribution in [2.45, 2.75) is 321 Å². The van der Waals surface area contributed by atoms with Crippen LogP contribution in [0.1, 0.15) is 309 Å². The number of carbonyl (C=O) groups is 2. The molecule has 0 aromatic carbocycles. The molecule has 0 saturated heterocycles. The molecule has 3 N–H and O–H groups in total. The summed E-state index contributed by atoms with van der Waals surface area (Å²) in [6, 6.07) is -0.641. The highest BCUT2D eigenvalue weighted by Crippen LogP contribution is 2.17. The Morgan fingerprint density at radius 2 is 0.742 bits per heavy atom. The van der Waals surface area contributed by atoms with Gasteiger partial charge in [-0.15, -0.1) is 0 Å². The summed E-state index contributed by atoms with van der Waals surface area (Å²) < 4.78 is 5.47. The van der Waals surface area contributed by atoms with Crippen LogP contribution in [0.5, 0.6) is 0 Å². The minimum absolute atomic E-state index is 0.0113. The van der Waals surface area contributed by atoms with Crippen molar-refractivity contribution in [2.75, 3.05) is 13.2 Å². The molecule has 0 radical (unpaired) electrons. The molecule has 62 heavy (non-hydrogen) atoms. The van der Waals surface area contributed by atoms with Crippen LogP contribution >= 0.6 is 0 Å². The Balaban J connectivity index is 3.48. The molecular formula is C56H109NO5. The van der Waals surface area contributed by atoms with Crippen molar-refractivity contribution in [1.29, 1.82) is 0 Å². The summed E-state index contributed by atoms with van der Waals surface area (Å²) in [5, 5.41) is 23.1. The summed E-state index contributed by atoms with van der Waals surface area (Å²) in [4.78, 5) is 24.5. The van der Waals surface area contributed by atoms with Crippen molar-refractivity contribution in [3.05, 3.63) is 12.2 Å². The number of allylic oxidation sites excluding steroid dienone is 1. The van der Waals surface area contributed by atoms with Gasteiger partial charge in [0.05, 0.1) is 25.4 Å². The van der Waals surface area contributed by atoms with E-state index in [1.54, 1.807) is 6.08 Å². The van der Waals surface area contributed by atoms with E-state index < -0.39 is 12.1 Å². The van der Waals surface area contributed by atoms with Crippen LogP contribution in [0.2, 0.25) is 0 Å². The number of unbranched alkanes of at least 4 members (excludes halogenated alkanes) is 41. The Hall–Kier alpha value is -1.40. The van der Waals surface area contributed by atoms with Gasteiger partial charge in [-0.3, -0.25) is 9.59 Å². The second-order valence-electron chi connectivity index (χ2n) is 19.3. The van der Waals surface area contributed by atoms with E-state index >= 15 is 0 Å². The van der Waals surface area contributed by atoms with E-state index in [0.717, 1.165) is 57.8 Å². The summed E-state index contributed by atoms with van der Waals surface area (Å²) >= 11 is 0. The summed E-state index contributed by atoms with van der Waals surface area (Å²) in [5.74, 6) is -0.0952. The predicted molar refractivity (Wildman–Crippen MR) is 269 cm³/mol. The lowest BCUT2D eigenvalue weighted by atomic mass is 10.0. The van der Waals surface area contributed by atoms with Crippen LogP contribution in [0, 0.1) is 0 Å². The van der Waals surface area contributed by atoms with Crippen LogP contribution in [0.3, 0.4) is 0 Å². The van der Waals surface area contributed by atoms with Gasteiger partial charge >= 0.3 is 5.97 Å². The fourth-order valence-corrected chi connectivity index (χ4v) is 8.75. The number of aliphatic hydroxyl groups excluding tert-OH is 2. The third-order valence-electron chi connectivity index (χ3n) is 13.1. The van der Waals surface area contributed by atoms with Crippen LogP contribution in [0.25, 0.3) is 0 Å². The van der Waals surface area contributed by atoms with Crippen molar-refractivity contribution in [1.82, 2.24) is 5.32 Å². The van der Waals surface area contributed by atoms with Gasteiger partial charge in [-0.05, 0) is 32.1 Å². The average molecular weight is 876 g/mol. The molecule has 0 heterocycles. The maximum Gasteiger partial charge on any atom is 0.305 e. The quantitative estimate of drug-likeness (QED) is 0.0321. The second kappa shape index (κ2) is 52.2. The van der Waals surface area contributed by atoms with Crippen LogP contribution in [0.4, 0.5) is 0 Å². The average Bonchev–Trinajstić information content (AvgIpc) is 3.27. The van der Waals surface area contributed by atoms with Gasteiger partial charge in [0.15, 0.2) is 0 Å². The van der Waals surface area contributed by atoms with E-state index in [1.807, 2.05) is 6.08 Å². The first kappa shape index (κ1) is 60.6. The molecule has 0 rings (SSSR count). The molecule has 0 spiro atoms. The maximum absolute atomic E-state index is 12.5. The van der Waals surface area contributed by atoms with Gasteiger partial charge in [-0.1, -0.05) is 276 Å². The topological polar surface area (TPSA) is 95.9 Å². The van der Waals surface area contributed by atoms with E-state index in [9.17, 15) is 19.8 Å². The highest BCUT2D eigenvalue weighted by molar-refractivity contribution is 5.76. The molecule has 0 aromatic heterocycles. The highest BCUT2D eigenvalue weighted by Gasteiger charge is 2.18. The predicted octanol–water partition coefficient (Wildman–Crippen LogP) is 16.9. The Morgan fingerprint density at radius 1 is 0.435 bits per heavy atom. The number of rotatable bonds is 52. The molecule has 2 atom stereocenters. The van der Waals surface area contributed by atoms with Gasteiger partial charge in [0.1, 0.15) is 0 Å². The van der Waals surface area contributed by atoms with Crippen molar-refractivity contribution in [3.8, 4) is 0 Å². The van der Waals surface area contributed by atoms with Gasteiger partial charge in [0.25, 0.3) is 0 Å². The van der Waals surface area contributed by atoms with Gasteiger partial charge in [-0.2, -0.15) is 0 Å². The molecule has 2 unspecified atom stereocenters. The number of nitrogens with one attached hydrogen (secondary N) is 1. The molecule has 0 aliphatic heterocycles. The minimum atomic E-state index is -0.856. The lowest BCUT2D eigenvalue weighted by Gasteiger charge is -2.20. The Kier molecular flexibility index (Phi) is 51.0. The summed E-state index contributed by atoms with van der Waals surface area (Å²) in [5.41, 5.74) is 0. The summed E-state index contributed by atoms with van der Waals surface area (Å²) in [6.45, 7) is 4.88. The number of ether oxygens (including phenoxy) is 1. The monoisotopic (exact) mass is 876 g/mol. The Bertz CT molecular complexity index is 924. The lowest BCUT2D eigenvalue weighted by molar-refractivity contribution is -0.143. The zero-order valence-electron chi connectivity index (χ0n) is 41.9. The van der Waals surface area contributed by atoms with Crippen molar-refractivity contribution in [2.24, 2.45) is 0 Å². The van der Waals surface area contributed by atoms with E-state index in [1.165, 1.54) is 225 Å². The van der Waals surface area contributed by atoms with Gasteiger partial charge < -0.3 is 20.3 Å². The first-order chi connectivity index (χ1) is 30.5. The number of hydrogen-bond donors (Lipinski definition) is 3. The number of esters is 1.